The molecular formula is C17H25FN2O3. The summed E-state index contributed by atoms with van der Waals surface area (Å²) in [5.41, 5.74) is -1.28. The molecule has 1 atom stereocenters. The van der Waals surface area contributed by atoms with Crippen LogP contribution in [0.1, 0.15) is 39.7 Å². The highest BCUT2D eigenvalue weighted by Crippen LogP contribution is 2.19. The van der Waals surface area contributed by atoms with Crippen molar-refractivity contribution < 1.29 is 19.1 Å². The van der Waals surface area contributed by atoms with Crippen LogP contribution in [-0.4, -0.2) is 30.0 Å². The van der Waals surface area contributed by atoms with Crippen molar-refractivity contribution in [2.24, 2.45) is 5.41 Å². The standard InChI is InChI=1S/C17H25FN2O3/c1-16(2,3)15(22)19-10-9-14(21)20-11-17(4,23)12-5-7-13(18)8-6-12/h5-8,23H,9-11H2,1-4H3,(H,19,22)(H,20,21). The van der Waals surface area contributed by atoms with Crippen LogP contribution in [0.25, 0.3) is 0 Å². The Morgan fingerprint density at radius 2 is 1.65 bits per heavy atom. The van der Waals surface area contributed by atoms with E-state index in [1.807, 2.05) is 0 Å². The summed E-state index contributed by atoms with van der Waals surface area (Å²) in [5.74, 6) is -0.784. The highest BCUT2D eigenvalue weighted by molar-refractivity contribution is 5.82. The predicted molar refractivity (Wildman–Crippen MR) is 86.1 cm³/mol. The maximum atomic E-state index is 12.9. The Labute approximate surface area is 136 Å². The fourth-order valence-electron chi connectivity index (χ4n) is 1.82. The summed E-state index contributed by atoms with van der Waals surface area (Å²) < 4.78 is 12.9. The largest absolute Gasteiger partial charge is 0.384 e. The summed E-state index contributed by atoms with van der Waals surface area (Å²) >= 11 is 0. The van der Waals surface area contributed by atoms with Crippen LogP contribution in [0.4, 0.5) is 4.39 Å². The second-order valence-electron chi connectivity index (χ2n) is 6.81. The molecular weight excluding hydrogens is 299 g/mol. The molecule has 0 fully saturated rings. The molecule has 6 heteroatoms. The van der Waals surface area contributed by atoms with Crippen molar-refractivity contribution in [3.63, 3.8) is 0 Å². The van der Waals surface area contributed by atoms with Crippen molar-refractivity contribution in [2.75, 3.05) is 13.1 Å². The van der Waals surface area contributed by atoms with E-state index in [2.05, 4.69) is 10.6 Å². The van der Waals surface area contributed by atoms with Gasteiger partial charge in [-0.05, 0) is 24.6 Å². The van der Waals surface area contributed by atoms with Crippen molar-refractivity contribution in [1.82, 2.24) is 10.6 Å². The van der Waals surface area contributed by atoms with E-state index in [1.165, 1.54) is 24.3 Å². The molecule has 23 heavy (non-hydrogen) atoms. The minimum atomic E-state index is -1.29. The third-order valence-corrected chi connectivity index (χ3v) is 3.41. The third kappa shape index (κ3) is 6.36. The van der Waals surface area contributed by atoms with Gasteiger partial charge in [0.15, 0.2) is 0 Å². The number of nitrogens with one attached hydrogen (secondary N) is 2. The lowest BCUT2D eigenvalue weighted by molar-refractivity contribution is -0.128. The second-order valence-corrected chi connectivity index (χ2v) is 6.81. The van der Waals surface area contributed by atoms with Gasteiger partial charge >= 0.3 is 0 Å². The highest BCUT2D eigenvalue weighted by Gasteiger charge is 2.24. The van der Waals surface area contributed by atoms with Gasteiger partial charge in [-0.2, -0.15) is 0 Å². The Morgan fingerprint density at radius 3 is 2.17 bits per heavy atom. The first-order valence-corrected chi connectivity index (χ1v) is 7.56. The monoisotopic (exact) mass is 324 g/mol. The Bertz CT molecular complexity index is 548. The molecule has 0 aromatic heterocycles. The number of carbonyl (C=O) groups excluding carboxylic acids is 2. The molecule has 0 bridgehead atoms. The molecule has 0 aliphatic heterocycles. The van der Waals surface area contributed by atoms with Crippen LogP contribution in [-0.2, 0) is 15.2 Å². The molecule has 0 aliphatic carbocycles. The number of hydrogen-bond donors (Lipinski definition) is 3. The Hall–Kier alpha value is -1.95. The molecule has 1 aromatic rings. The summed E-state index contributed by atoms with van der Waals surface area (Å²) in [4.78, 5) is 23.4. The van der Waals surface area contributed by atoms with Crippen molar-refractivity contribution >= 4 is 11.8 Å². The lowest BCUT2D eigenvalue weighted by Gasteiger charge is -2.24. The number of carbonyl (C=O) groups is 2. The zero-order valence-corrected chi connectivity index (χ0v) is 14.1. The summed E-state index contributed by atoms with van der Waals surface area (Å²) in [5, 5.41) is 15.6. The van der Waals surface area contributed by atoms with E-state index in [0.717, 1.165) is 0 Å². The van der Waals surface area contributed by atoms with Gasteiger partial charge in [-0.25, -0.2) is 4.39 Å². The average molecular weight is 324 g/mol. The smallest absolute Gasteiger partial charge is 0.225 e. The van der Waals surface area contributed by atoms with E-state index in [1.54, 1.807) is 27.7 Å². The summed E-state index contributed by atoms with van der Waals surface area (Å²) in [6.45, 7) is 7.17. The van der Waals surface area contributed by atoms with Gasteiger partial charge in [0.2, 0.25) is 11.8 Å². The first-order valence-electron chi connectivity index (χ1n) is 7.56. The Kier molecular flexibility index (Phi) is 6.27. The molecule has 128 valence electrons. The quantitative estimate of drug-likeness (QED) is 0.745. The van der Waals surface area contributed by atoms with Gasteiger partial charge in [0.25, 0.3) is 0 Å². The predicted octanol–water partition coefficient (Wildman–Crippen LogP) is 1.70. The van der Waals surface area contributed by atoms with Crippen molar-refractivity contribution in [1.29, 1.82) is 0 Å². The lowest BCUT2D eigenvalue weighted by Crippen LogP contribution is -2.41. The average Bonchev–Trinajstić information content (AvgIpc) is 2.44. The lowest BCUT2D eigenvalue weighted by atomic mass is 9.95. The molecule has 1 aromatic carbocycles. The van der Waals surface area contributed by atoms with E-state index in [9.17, 15) is 19.1 Å². The molecule has 0 heterocycles. The van der Waals surface area contributed by atoms with Gasteiger partial charge < -0.3 is 15.7 Å². The summed E-state index contributed by atoms with van der Waals surface area (Å²) in [7, 11) is 0. The molecule has 0 aliphatic rings. The summed E-state index contributed by atoms with van der Waals surface area (Å²) in [6.07, 6.45) is 0.126. The Morgan fingerprint density at radius 1 is 1.09 bits per heavy atom. The van der Waals surface area contributed by atoms with E-state index in [4.69, 9.17) is 0 Å². The van der Waals surface area contributed by atoms with Gasteiger partial charge in [-0.1, -0.05) is 32.9 Å². The van der Waals surface area contributed by atoms with Gasteiger partial charge in [0, 0.05) is 18.4 Å². The van der Waals surface area contributed by atoms with Crippen molar-refractivity contribution in [3.05, 3.63) is 35.6 Å². The number of hydrogen-bond acceptors (Lipinski definition) is 3. The van der Waals surface area contributed by atoms with Gasteiger partial charge in [0.05, 0.1) is 6.54 Å². The number of aliphatic hydroxyl groups is 1. The third-order valence-electron chi connectivity index (χ3n) is 3.41. The van der Waals surface area contributed by atoms with E-state index >= 15 is 0 Å². The van der Waals surface area contributed by atoms with Crippen LogP contribution in [0.2, 0.25) is 0 Å². The normalized spacial score (nSPS) is 14.0. The van der Waals surface area contributed by atoms with E-state index < -0.39 is 11.0 Å². The SMILES string of the molecule is CC(C)(C)C(=O)NCCC(=O)NCC(C)(O)c1ccc(F)cc1. The Balaban J connectivity index is 2.40. The number of rotatable bonds is 6. The molecule has 0 spiro atoms. The number of amides is 2. The van der Waals surface area contributed by atoms with Crippen molar-refractivity contribution in [3.8, 4) is 0 Å². The molecule has 3 N–H and O–H groups in total. The minimum absolute atomic E-state index is 0.00465. The fraction of sp³-hybridized carbons (Fsp3) is 0.529. The minimum Gasteiger partial charge on any atom is -0.384 e. The first kappa shape index (κ1) is 19.1. The molecule has 5 nitrogen and oxygen atoms in total. The van der Waals surface area contributed by atoms with Gasteiger partial charge in [0.1, 0.15) is 11.4 Å². The van der Waals surface area contributed by atoms with Gasteiger partial charge in [-0.3, -0.25) is 9.59 Å². The fourth-order valence-corrected chi connectivity index (χ4v) is 1.82. The van der Waals surface area contributed by atoms with Crippen LogP contribution >= 0.6 is 0 Å². The molecule has 0 saturated heterocycles. The topological polar surface area (TPSA) is 78.4 Å². The first-order chi connectivity index (χ1) is 10.5. The second kappa shape index (κ2) is 7.55. The number of halogens is 1. The van der Waals surface area contributed by atoms with Crippen LogP contribution in [0.3, 0.4) is 0 Å². The molecule has 1 unspecified atom stereocenters. The molecule has 2 amide bonds. The van der Waals surface area contributed by atoms with Crippen molar-refractivity contribution in [2.45, 2.75) is 39.7 Å². The molecule has 0 radical (unpaired) electrons. The van der Waals surface area contributed by atoms with Crippen LogP contribution in [0.5, 0.6) is 0 Å². The van der Waals surface area contributed by atoms with Crippen LogP contribution < -0.4 is 10.6 Å². The zero-order valence-electron chi connectivity index (χ0n) is 14.1. The van der Waals surface area contributed by atoms with E-state index in [-0.39, 0.29) is 37.1 Å². The zero-order chi connectivity index (χ0) is 17.7. The van der Waals surface area contributed by atoms with Crippen LogP contribution in [0.15, 0.2) is 24.3 Å². The highest BCUT2D eigenvalue weighted by atomic mass is 19.1. The maximum Gasteiger partial charge on any atom is 0.225 e. The van der Waals surface area contributed by atoms with Crippen LogP contribution in [0, 0.1) is 11.2 Å². The number of benzene rings is 1. The molecule has 1 rings (SSSR count). The molecule has 0 saturated carbocycles. The maximum absolute atomic E-state index is 12.9. The van der Waals surface area contributed by atoms with Gasteiger partial charge in [-0.15, -0.1) is 0 Å². The van der Waals surface area contributed by atoms with E-state index in [0.29, 0.717) is 5.56 Å². The summed E-state index contributed by atoms with van der Waals surface area (Å²) in [6, 6.07) is 5.47.